The molecule has 0 saturated carbocycles. The third kappa shape index (κ3) is 1.14. The van der Waals surface area contributed by atoms with Crippen molar-refractivity contribution in [3.8, 4) is 0 Å². The third-order valence-corrected chi connectivity index (χ3v) is 1.92. The monoisotopic (exact) mass is 127 g/mol. The molecule has 0 unspecified atom stereocenters. The predicted molar refractivity (Wildman–Crippen MR) is 37.2 cm³/mol. The van der Waals surface area contributed by atoms with Crippen molar-refractivity contribution in [3.63, 3.8) is 0 Å². The molecule has 0 spiro atoms. The van der Waals surface area contributed by atoms with Crippen LogP contribution in [0.25, 0.3) is 0 Å². The average molecular weight is 127 g/mol. The van der Waals surface area contributed by atoms with Crippen LogP contribution in [0.15, 0.2) is 12.7 Å². The average Bonchev–Trinajstić information content (AvgIpc) is 2.12. The van der Waals surface area contributed by atoms with Crippen molar-refractivity contribution in [2.24, 2.45) is 0 Å². The van der Waals surface area contributed by atoms with Crippen LogP contribution >= 0.6 is 0 Å². The summed E-state index contributed by atoms with van der Waals surface area (Å²) in [6.45, 7) is 4.63. The van der Waals surface area contributed by atoms with Crippen LogP contribution in [0.4, 0.5) is 0 Å². The number of likely N-dealkylation sites (N-methyl/N-ethyl adjacent to an activating group) is 1. The van der Waals surface area contributed by atoms with Gasteiger partial charge in [0, 0.05) is 6.54 Å². The van der Waals surface area contributed by atoms with Gasteiger partial charge in [-0.15, -0.1) is 6.58 Å². The summed E-state index contributed by atoms with van der Waals surface area (Å²) < 4.78 is 0. The molecule has 1 saturated heterocycles. The van der Waals surface area contributed by atoms with Crippen LogP contribution in [-0.2, 0) is 0 Å². The van der Waals surface area contributed by atoms with Crippen LogP contribution in [0.2, 0.25) is 0 Å². The second-order valence-electron chi connectivity index (χ2n) is 2.56. The maximum absolute atomic E-state index is 9.25. The number of hydrogen-bond acceptors (Lipinski definition) is 2. The fourth-order valence-electron chi connectivity index (χ4n) is 1.29. The van der Waals surface area contributed by atoms with E-state index in [2.05, 4.69) is 11.5 Å². The van der Waals surface area contributed by atoms with E-state index in [1.165, 1.54) is 0 Å². The lowest BCUT2D eigenvalue weighted by molar-refractivity contribution is 0.151. The molecule has 2 nitrogen and oxygen atoms in total. The summed E-state index contributed by atoms with van der Waals surface area (Å²) >= 11 is 0. The zero-order valence-electron chi connectivity index (χ0n) is 5.75. The number of hydrogen-bond donors (Lipinski definition) is 1. The van der Waals surface area contributed by atoms with E-state index in [0.29, 0.717) is 0 Å². The quantitative estimate of drug-likeness (QED) is 0.510. The highest BCUT2D eigenvalue weighted by Crippen LogP contribution is 2.15. The molecular formula is C7H13NO. The van der Waals surface area contributed by atoms with E-state index in [9.17, 15) is 5.11 Å². The molecule has 2 atom stereocenters. The third-order valence-electron chi connectivity index (χ3n) is 1.92. The first kappa shape index (κ1) is 6.78. The summed E-state index contributed by atoms with van der Waals surface area (Å²) in [6, 6.07) is 0.185. The molecule has 0 radical (unpaired) electrons. The van der Waals surface area contributed by atoms with Gasteiger partial charge >= 0.3 is 0 Å². The van der Waals surface area contributed by atoms with Gasteiger partial charge in [-0.2, -0.15) is 0 Å². The Kier molecular flexibility index (Phi) is 1.88. The zero-order chi connectivity index (χ0) is 6.85. The van der Waals surface area contributed by atoms with Gasteiger partial charge in [-0.3, -0.25) is 4.90 Å². The largest absolute Gasteiger partial charge is 0.391 e. The second kappa shape index (κ2) is 2.50. The van der Waals surface area contributed by atoms with Gasteiger partial charge in [0.25, 0.3) is 0 Å². The first-order chi connectivity index (χ1) is 4.25. The van der Waals surface area contributed by atoms with Gasteiger partial charge in [-0.05, 0) is 13.5 Å². The van der Waals surface area contributed by atoms with Gasteiger partial charge in [0.15, 0.2) is 0 Å². The molecular weight excluding hydrogens is 114 g/mol. The molecule has 1 heterocycles. The standard InChI is InChI=1S/C7H13NO/c1-3-6-7(9)4-5-8(6)2/h3,6-7,9H,1,4-5H2,2H3/t6-,7+/m0/s1. The Bertz CT molecular complexity index is 103. The summed E-state index contributed by atoms with van der Waals surface area (Å²) in [5, 5.41) is 9.25. The Morgan fingerprint density at radius 1 is 1.78 bits per heavy atom. The van der Waals surface area contributed by atoms with Gasteiger partial charge in [0.2, 0.25) is 0 Å². The van der Waals surface area contributed by atoms with Crippen molar-refractivity contribution in [2.45, 2.75) is 18.6 Å². The molecule has 1 aliphatic rings. The minimum atomic E-state index is -0.188. The molecule has 2 heteroatoms. The number of rotatable bonds is 1. The molecule has 9 heavy (non-hydrogen) atoms. The van der Waals surface area contributed by atoms with Crippen LogP contribution in [0.1, 0.15) is 6.42 Å². The SMILES string of the molecule is C=C[C@H]1[C@H](O)CCN1C. The summed E-state index contributed by atoms with van der Waals surface area (Å²) in [5.74, 6) is 0. The first-order valence-corrected chi connectivity index (χ1v) is 3.26. The minimum Gasteiger partial charge on any atom is -0.391 e. The molecule has 1 aliphatic heterocycles. The Balaban J connectivity index is 2.54. The second-order valence-corrected chi connectivity index (χ2v) is 2.56. The molecule has 0 amide bonds. The lowest BCUT2D eigenvalue weighted by atomic mass is 10.2. The van der Waals surface area contributed by atoms with Crippen LogP contribution < -0.4 is 0 Å². The fraction of sp³-hybridized carbons (Fsp3) is 0.714. The highest BCUT2D eigenvalue weighted by Gasteiger charge is 2.26. The van der Waals surface area contributed by atoms with E-state index in [4.69, 9.17) is 0 Å². The molecule has 52 valence electrons. The fourth-order valence-corrected chi connectivity index (χ4v) is 1.29. The van der Waals surface area contributed by atoms with E-state index in [-0.39, 0.29) is 12.1 Å². The Morgan fingerprint density at radius 2 is 2.44 bits per heavy atom. The van der Waals surface area contributed by atoms with Crippen molar-refractivity contribution in [3.05, 3.63) is 12.7 Å². The number of nitrogens with zero attached hydrogens (tertiary/aromatic N) is 1. The highest BCUT2D eigenvalue weighted by atomic mass is 16.3. The summed E-state index contributed by atoms with van der Waals surface area (Å²) in [7, 11) is 2.00. The minimum absolute atomic E-state index is 0.185. The molecule has 0 aromatic heterocycles. The van der Waals surface area contributed by atoms with E-state index in [1.807, 2.05) is 7.05 Å². The normalized spacial score (nSPS) is 37.1. The summed E-state index contributed by atoms with van der Waals surface area (Å²) in [6.07, 6.45) is 2.50. The van der Waals surface area contributed by atoms with E-state index >= 15 is 0 Å². The molecule has 1 rings (SSSR count). The smallest absolute Gasteiger partial charge is 0.0743 e. The van der Waals surface area contributed by atoms with Crippen molar-refractivity contribution < 1.29 is 5.11 Å². The van der Waals surface area contributed by atoms with E-state index < -0.39 is 0 Å². The highest BCUT2D eigenvalue weighted by molar-refractivity contribution is 4.96. The molecule has 0 aliphatic carbocycles. The van der Waals surface area contributed by atoms with Crippen molar-refractivity contribution in [2.75, 3.05) is 13.6 Å². The lowest BCUT2D eigenvalue weighted by Crippen LogP contribution is -2.29. The topological polar surface area (TPSA) is 23.5 Å². The van der Waals surface area contributed by atoms with Crippen LogP contribution in [0.3, 0.4) is 0 Å². The Morgan fingerprint density at radius 3 is 2.67 bits per heavy atom. The van der Waals surface area contributed by atoms with Crippen LogP contribution in [-0.4, -0.2) is 35.7 Å². The van der Waals surface area contributed by atoms with Crippen molar-refractivity contribution >= 4 is 0 Å². The van der Waals surface area contributed by atoms with Crippen LogP contribution in [0.5, 0.6) is 0 Å². The van der Waals surface area contributed by atoms with Gasteiger partial charge in [0.05, 0.1) is 12.1 Å². The summed E-state index contributed by atoms with van der Waals surface area (Å²) in [5.41, 5.74) is 0. The number of likely N-dealkylation sites (tertiary alicyclic amines) is 1. The molecule has 0 aromatic rings. The van der Waals surface area contributed by atoms with Crippen molar-refractivity contribution in [1.29, 1.82) is 0 Å². The predicted octanol–water partition coefficient (Wildman–Crippen LogP) is 0.237. The van der Waals surface area contributed by atoms with Gasteiger partial charge in [-0.25, -0.2) is 0 Å². The maximum Gasteiger partial charge on any atom is 0.0743 e. The lowest BCUT2D eigenvalue weighted by Gasteiger charge is -2.16. The Hall–Kier alpha value is -0.340. The van der Waals surface area contributed by atoms with Gasteiger partial charge in [0.1, 0.15) is 0 Å². The molecule has 0 aromatic carbocycles. The molecule has 0 bridgehead atoms. The zero-order valence-corrected chi connectivity index (χ0v) is 5.75. The maximum atomic E-state index is 9.25. The van der Waals surface area contributed by atoms with Gasteiger partial charge in [-0.1, -0.05) is 6.08 Å². The molecule has 1 fully saturated rings. The van der Waals surface area contributed by atoms with E-state index in [0.717, 1.165) is 13.0 Å². The number of aliphatic hydroxyl groups is 1. The first-order valence-electron chi connectivity index (χ1n) is 3.26. The molecule has 1 N–H and O–H groups in total. The van der Waals surface area contributed by atoms with Crippen LogP contribution in [0, 0.1) is 0 Å². The number of aliphatic hydroxyl groups excluding tert-OH is 1. The Labute approximate surface area is 55.8 Å². The van der Waals surface area contributed by atoms with E-state index in [1.54, 1.807) is 6.08 Å². The summed E-state index contributed by atoms with van der Waals surface area (Å²) in [4.78, 5) is 2.11. The van der Waals surface area contributed by atoms with Crippen molar-refractivity contribution in [1.82, 2.24) is 4.90 Å². The van der Waals surface area contributed by atoms with Gasteiger partial charge < -0.3 is 5.11 Å².